The number of fused-ring (bicyclic) bond motifs is 3. The van der Waals surface area contributed by atoms with Crippen molar-refractivity contribution in [3.63, 3.8) is 0 Å². The number of hydrogen-bond acceptors (Lipinski definition) is 3. The maximum absolute atomic E-state index is 12.5. The summed E-state index contributed by atoms with van der Waals surface area (Å²) in [6.07, 6.45) is 2.42. The predicted molar refractivity (Wildman–Crippen MR) is 78.1 cm³/mol. The van der Waals surface area contributed by atoms with E-state index in [1.165, 1.54) is 25.9 Å². The molecule has 0 aromatic heterocycles. The first-order valence-electron chi connectivity index (χ1n) is 7.36. The number of carbonyl (C=O) groups excluding carboxylic acids is 1. The fourth-order valence-electron chi connectivity index (χ4n) is 3.46. The van der Waals surface area contributed by atoms with Crippen molar-refractivity contribution in [1.29, 1.82) is 0 Å². The normalized spacial score (nSPS) is 28.2. The molecule has 0 unspecified atom stereocenters. The highest BCUT2D eigenvalue weighted by atomic mass is 16.5. The Hall–Kier alpha value is -1.55. The maximum Gasteiger partial charge on any atom is 0.251 e. The summed E-state index contributed by atoms with van der Waals surface area (Å²) in [6.45, 7) is 5.31. The summed E-state index contributed by atoms with van der Waals surface area (Å²) in [5.74, 6) is 1.45. The van der Waals surface area contributed by atoms with Crippen molar-refractivity contribution < 1.29 is 9.53 Å². The second kappa shape index (κ2) is 5.44. The second-order valence-corrected chi connectivity index (χ2v) is 5.85. The topological polar surface area (TPSA) is 41.6 Å². The van der Waals surface area contributed by atoms with Gasteiger partial charge in [-0.25, -0.2) is 0 Å². The lowest BCUT2D eigenvalue weighted by Gasteiger charge is -2.45. The number of rotatable bonds is 3. The van der Waals surface area contributed by atoms with Crippen LogP contribution in [0.3, 0.4) is 0 Å². The van der Waals surface area contributed by atoms with Gasteiger partial charge in [-0.05, 0) is 50.9 Å². The number of piperidine rings is 3. The zero-order valence-corrected chi connectivity index (χ0v) is 12.2. The van der Waals surface area contributed by atoms with Crippen LogP contribution in [0.15, 0.2) is 18.2 Å². The van der Waals surface area contributed by atoms with Gasteiger partial charge in [0.15, 0.2) is 0 Å². The van der Waals surface area contributed by atoms with Crippen molar-refractivity contribution in [1.82, 2.24) is 10.2 Å². The molecular formula is C16H22N2O2. The molecule has 3 fully saturated rings. The standard InChI is InChI=1S/C16H22N2O2/c1-11-13(4-3-5-15(11)20-2)16(19)17-14-10-18-8-6-12(14)7-9-18/h3-5,12,14H,6-10H2,1-2H3,(H,17,19)/t14-/m1/s1. The summed E-state index contributed by atoms with van der Waals surface area (Å²) in [5.41, 5.74) is 1.63. The number of benzene rings is 1. The average Bonchev–Trinajstić information content (AvgIpc) is 2.48. The molecule has 1 N–H and O–H groups in total. The highest BCUT2D eigenvalue weighted by Gasteiger charge is 2.35. The Bertz CT molecular complexity index is 507. The molecule has 4 rings (SSSR count). The van der Waals surface area contributed by atoms with Gasteiger partial charge >= 0.3 is 0 Å². The Balaban J connectivity index is 1.73. The minimum absolute atomic E-state index is 0.0279. The molecule has 1 aromatic rings. The molecular weight excluding hydrogens is 252 g/mol. The van der Waals surface area contributed by atoms with Gasteiger partial charge in [-0.3, -0.25) is 4.79 Å². The van der Waals surface area contributed by atoms with Gasteiger partial charge in [0.05, 0.1) is 7.11 Å². The van der Waals surface area contributed by atoms with E-state index in [-0.39, 0.29) is 5.91 Å². The molecule has 20 heavy (non-hydrogen) atoms. The van der Waals surface area contributed by atoms with E-state index < -0.39 is 0 Å². The van der Waals surface area contributed by atoms with Crippen LogP contribution in [0.5, 0.6) is 5.75 Å². The van der Waals surface area contributed by atoms with Crippen molar-refractivity contribution in [3.05, 3.63) is 29.3 Å². The van der Waals surface area contributed by atoms with Gasteiger partial charge in [-0.15, -0.1) is 0 Å². The number of nitrogens with one attached hydrogen (secondary N) is 1. The fraction of sp³-hybridized carbons (Fsp3) is 0.562. The molecule has 3 aliphatic rings. The molecule has 1 atom stereocenters. The lowest BCUT2D eigenvalue weighted by molar-refractivity contribution is 0.0620. The Morgan fingerprint density at radius 2 is 2.10 bits per heavy atom. The van der Waals surface area contributed by atoms with Crippen molar-refractivity contribution in [3.8, 4) is 5.75 Å². The van der Waals surface area contributed by atoms with Crippen LogP contribution in [-0.4, -0.2) is 43.6 Å². The predicted octanol–water partition coefficient (Wildman–Crippen LogP) is 1.83. The van der Waals surface area contributed by atoms with Crippen molar-refractivity contribution in [2.24, 2.45) is 5.92 Å². The van der Waals surface area contributed by atoms with Crippen molar-refractivity contribution >= 4 is 5.91 Å². The summed E-state index contributed by atoms with van der Waals surface area (Å²) < 4.78 is 5.29. The number of carbonyl (C=O) groups is 1. The van der Waals surface area contributed by atoms with Crippen LogP contribution in [-0.2, 0) is 0 Å². The van der Waals surface area contributed by atoms with Crippen LogP contribution in [0.25, 0.3) is 0 Å². The summed E-state index contributed by atoms with van der Waals surface area (Å²) in [6, 6.07) is 5.93. The van der Waals surface area contributed by atoms with Gasteiger partial charge < -0.3 is 15.0 Å². The molecule has 3 saturated heterocycles. The first-order valence-corrected chi connectivity index (χ1v) is 7.36. The minimum Gasteiger partial charge on any atom is -0.496 e. The first-order chi connectivity index (χ1) is 9.69. The molecule has 108 valence electrons. The largest absolute Gasteiger partial charge is 0.496 e. The summed E-state index contributed by atoms with van der Waals surface area (Å²) in [4.78, 5) is 14.9. The minimum atomic E-state index is 0.0279. The van der Waals surface area contributed by atoms with Gasteiger partial charge in [0.25, 0.3) is 5.91 Å². The fourth-order valence-corrected chi connectivity index (χ4v) is 3.46. The second-order valence-electron chi connectivity index (χ2n) is 5.85. The summed E-state index contributed by atoms with van der Waals surface area (Å²) in [5, 5.41) is 3.22. The molecule has 0 radical (unpaired) electrons. The monoisotopic (exact) mass is 274 g/mol. The zero-order valence-electron chi connectivity index (χ0n) is 12.2. The van der Waals surface area contributed by atoms with E-state index in [4.69, 9.17) is 4.74 Å². The van der Waals surface area contributed by atoms with Crippen LogP contribution in [0.4, 0.5) is 0 Å². The number of nitrogens with zero attached hydrogens (tertiary/aromatic N) is 1. The first kappa shape index (κ1) is 13.4. The van der Waals surface area contributed by atoms with E-state index in [0.717, 1.165) is 23.4 Å². The molecule has 3 heterocycles. The zero-order chi connectivity index (χ0) is 14.1. The Labute approximate surface area is 120 Å². The lowest BCUT2D eigenvalue weighted by Crippen LogP contribution is -2.57. The summed E-state index contributed by atoms with van der Waals surface area (Å²) in [7, 11) is 1.64. The van der Waals surface area contributed by atoms with Crippen molar-refractivity contribution in [2.45, 2.75) is 25.8 Å². The number of methoxy groups -OCH3 is 1. The third-order valence-corrected chi connectivity index (χ3v) is 4.72. The van der Waals surface area contributed by atoms with E-state index in [2.05, 4.69) is 10.2 Å². The quantitative estimate of drug-likeness (QED) is 0.914. The Morgan fingerprint density at radius 3 is 2.70 bits per heavy atom. The summed E-state index contributed by atoms with van der Waals surface area (Å²) >= 11 is 0. The number of amides is 1. The lowest BCUT2D eigenvalue weighted by atomic mass is 9.84. The molecule has 4 nitrogen and oxygen atoms in total. The highest BCUT2D eigenvalue weighted by Crippen LogP contribution is 2.28. The van der Waals surface area contributed by atoms with E-state index in [0.29, 0.717) is 12.0 Å². The van der Waals surface area contributed by atoms with Crippen LogP contribution >= 0.6 is 0 Å². The third-order valence-electron chi connectivity index (χ3n) is 4.72. The van der Waals surface area contributed by atoms with Gasteiger partial charge in [0.2, 0.25) is 0 Å². The van der Waals surface area contributed by atoms with Crippen molar-refractivity contribution in [2.75, 3.05) is 26.7 Å². The maximum atomic E-state index is 12.5. The van der Waals surface area contributed by atoms with Gasteiger partial charge in [0, 0.05) is 23.7 Å². The molecule has 0 spiro atoms. The molecule has 2 bridgehead atoms. The molecule has 3 aliphatic heterocycles. The SMILES string of the molecule is COc1cccc(C(=O)N[C@@H]2CN3CCC2CC3)c1C. The van der Waals surface area contributed by atoms with Crippen LogP contribution < -0.4 is 10.1 Å². The highest BCUT2D eigenvalue weighted by molar-refractivity contribution is 5.96. The van der Waals surface area contributed by atoms with E-state index >= 15 is 0 Å². The van der Waals surface area contributed by atoms with Crippen LogP contribution in [0.1, 0.15) is 28.8 Å². The van der Waals surface area contributed by atoms with E-state index in [1.54, 1.807) is 7.11 Å². The molecule has 4 heteroatoms. The average molecular weight is 274 g/mol. The van der Waals surface area contributed by atoms with Gasteiger partial charge in [-0.1, -0.05) is 6.07 Å². The van der Waals surface area contributed by atoms with E-state index in [1.807, 2.05) is 25.1 Å². The molecule has 1 aromatic carbocycles. The molecule has 0 aliphatic carbocycles. The van der Waals surface area contributed by atoms with Gasteiger partial charge in [-0.2, -0.15) is 0 Å². The molecule has 0 saturated carbocycles. The smallest absolute Gasteiger partial charge is 0.251 e. The third kappa shape index (κ3) is 2.40. The Morgan fingerprint density at radius 1 is 1.35 bits per heavy atom. The number of hydrogen-bond donors (Lipinski definition) is 1. The van der Waals surface area contributed by atoms with Gasteiger partial charge in [0.1, 0.15) is 5.75 Å². The van der Waals surface area contributed by atoms with E-state index in [9.17, 15) is 4.79 Å². The van der Waals surface area contributed by atoms with Crippen LogP contribution in [0.2, 0.25) is 0 Å². The molecule has 1 amide bonds. The number of ether oxygens (including phenoxy) is 1. The van der Waals surface area contributed by atoms with Crippen LogP contribution in [0, 0.1) is 12.8 Å². The Kier molecular flexibility index (Phi) is 3.66.